The second-order valence-corrected chi connectivity index (χ2v) is 4.84. The van der Waals surface area contributed by atoms with Crippen LogP contribution in [0.15, 0.2) is 18.2 Å². The third-order valence-electron chi connectivity index (χ3n) is 3.63. The molecule has 0 bridgehead atoms. The number of rotatable bonds is 4. The fourth-order valence-corrected chi connectivity index (χ4v) is 2.47. The number of ether oxygens (including phenoxy) is 2. The molecule has 1 saturated carbocycles. The Labute approximate surface area is 106 Å². The molecule has 18 heavy (non-hydrogen) atoms. The molecule has 0 saturated heterocycles. The molecule has 0 aromatic heterocycles. The standard InChI is InChI=1S/C14H17NO3/c1-2-13(16)15-7-9-6-11(9)10-4-3-5-12-14(10)18-8-17-12/h3-5,9,11H,2,6-8H2,1H3,(H,15,16)/t9-,11+/m0/s1. The number of hydrogen-bond acceptors (Lipinski definition) is 3. The van der Waals surface area contributed by atoms with Crippen molar-refractivity contribution in [1.29, 1.82) is 0 Å². The smallest absolute Gasteiger partial charge is 0.231 e. The number of carbonyl (C=O) groups excluding carboxylic acids is 1. The van der Waals surface area contributed by atoms with E-state index in [9.17, 15) is 4.79 Å². The third kappa shape index (κ3) is 2.03. The van der Waals surface area contributed by atoms with Gasteiger partial charge in [0.1, 0.15) is 0 Å². The highest BCUT2D eigenvalue weighted by molar-refractivity contribution is 5.75. The lowest BCUT2D eigenvalue weighted by Crippen LogP contribution is -2.24. The van der Waals surface area contributed by atoms with Crippen LogP contribution < -0.4 is 14.8 Å². The quantitative estimate of drug-likeness (QED) is 0.885. The van der Waals surface area contributed by atoms with Crippen molar-refractivity contribution in [2.45, 2.75) is 25.7 Å². The predicted octanol–water partition coefficient (Wildman–Crippen LogP) is 2.04. The highest BCUT2D eigenvalue weighted by Crippen LogP contribution is 2.52. The Morgan fingerprint density at radius 3 is 3.17 bits per heavy atom. The van der Waals surface area contributed by atoms with Crippen molar-refractivity contribution in [3.63, 3.8) is 0 Å². The Bertz CT molecular complexity index is 472. The summed E-state index contributed by atoms with van der Waals surface area (Å²) in [4.78, 5) is 11.2. The summed E-state index contributed by atoms with van der Waals surface area (Å²) < 4.78 is 10.9. The number of nitrogens with one attached hydrogen (secondary N) is 1. The molecule has 4 heteroatoms. The van der Waals surface area contributed by atoms with Gasteiger partial charge in [-0.25, -0.2) is 0 Å². The molecule has 3 rings (SSSR count). The largest absolute Gasteiger partial charge is 0.454 e. The molecule has 1 amide bonds. The van der Waals surface area contributed by atoms with E-state index in [1.165, 1.54) is 5.56 Å². The van der Waals surface area contributed by atoms with Crippen molar-refractivity contribution in [3.05, 3.63) is 23.8 Å². The van der Waals surface area contributed by atoms with Gasteiger partial charge in [-0.05, 0) is 24.3 Å². The van der Waals surface area contributed by atoms with Crippen LogP contribution in [-0.4, -0.2) is 19.2 Å². The number of carbonyl (C=O) groups is 1. The molecule has 4 nitrogen and oxygen atoms in total. The van der Waals surface area contributed by atoms with Gasteiger partial charge in [0, 0.05) is 18.5 Å². The summed E-state index contributed by atoms with van der Waals surface area (Å²) in [5.41, 5.74) is 1.22. The van der Waals surface area contributed by atoms with E-state index in [1.807, 2.05) is 19.1 Å². The van der Waals surface area contributed by atoms with Gasteiger partial charge in [-0.2, -0.15) is 0 Å². The lowest BCUT2D eigenvalue weighted by Gasteiger charge is -2.06. The maximum atomic E-state index is 11.2. The Morgan fingerprint density at radius 1 is 1.44 bits per heavy atom. The third-order valence-corrected chi connectivity index (χ3v) is 3.63. The van der Waals surface area contributed by atoms with E-state index in [4.69, 9.17) is 9.47 Å². The number of benzene rings is 1. The Morgan fingerprint density at radius 2 is 2.33 bits per heavy atom. The molecule has 0 radical (unpaired) electrons. The molecule has 1 heterocycles. The van der Waals surface area contributed by atoms with Gasteiger partial charge in [-0.15, -0.1) is 0 Å². The average Bonchev–Trinajstić information content (AvgIpc) is 3.00. The van der Waals surface area contributed by atoms with Crippen LogP contribution in [-0.2, 0) is 4.79 Å². The molecule has 1 aliphatic carbocycles. The molecule has 1 fully saturated rings. The minimum atomic E-state index is 0.124. The van der Waals surface area contributed by atoms with Crippen LogP contribution in [0.4, 0.5) is 0 Å². The lowest BCUT2D eigenvalue weighted by molar-refractivity contribution is -0.120. The number of hydrogen-bond donors (Lipinski definition) is 1. The second-order valence-electron chi connectivity index (χ2n) is 4.84. The molecule has 1 aliphatic heterocycles. The van der Waals surface area contributed by atoms with E-state index in [2.05, 4.69) is 11.4 Å². The van der Waals surface area contributed by atoms with Crippen LogP contribution in [0.2, 0.25) is 0 Å². The maximum absolute atomic E-state index is 11.2. The first-order chi connectivity index (χ1) is 8.79. The van der Waals surface area contributed by atoms with E-state index in [0.717, 1.165) is 24.5 Å². The van der Waals surface area contributed by atoms with Crippen molar-refractivity contribution >= 4 is 5.91 Å². The van der Waals surface area contributed by atoms with Crippen molar-refractivity contribution in [1.82, 2.24) is 5.32 Å². The van der Waals surface area contributed by atoms with E-state index >= 15 is 0 Å². The van der Waals surface area contributed by atoms with Gasteiger partial charge in [0.2, 0.25) is 12.7 Å². The molecule has 1 aromatic rings. The number of para-hydroxylation sites is 1. The molecule has 0 spiro atoms. The number of amides is 1. The van der Waals surface area contributed by atoms with E-state index in [-0.39, 0.29) is 5.91 Å². The summed E-state index contributed by atoms with van der Waals surface area (Å²) in [5, 5.41) is 2.95. The summed E-state index contributed by atoms with van der Waals surface area (Å²) in [5.74, 6) is 2.90. The predicted molar refractivity (Wildman–Crippen MR) is 66.7 cm³/mol. The summed E-state index contributed by atoms with van der Waals surface area (Å²) in [6.45, 7) is 2.95. The molecule has 2 atom stereocenters. The summed E-state index contributed by atoms with van der Waals surface area (Å²) in [6.07, 6.45) is 1.67. The lowest BCUT2D eigenvalue weighted by atomic mass is 10.1. The summed E-state index contributed by atoms with van der Waals surface area (Å²) >= 11 is 0. The number of fused-ring (bicyclic) bond motifs is 1. The molecule has 96 valence electrons. The Kier molecular flexibility index (Phi) is 2.86. The second kappa shape index (κ2) is 4.52. The minimum absolute atomic E-state index is 0.124. The van der Waals surface area contributed by atoms with E-state index in [0.29, 0.717) is 25.0 Å². The molecule has 0 unspecified atom stereocenters. The minimum Gasteiger partial charge on any atom is -0.454 e. The van der Waals surface area contributed by atoms with E-state index in [1.54, 1.807) is 0 Å². The molecular formula is C14H17NO3. The van der Waals surface area contributed by atoms with Crippen molar-refractivity contribution in [2.75, 3.05) is 13.3 Å². The van der Waals surface area contributed by atoms with Crippen LogP contribution in [0.1, 0.15) is 31.2 Å². The zero-order valence-electron chi connectivity index (χ0n) is 10.4. The van der Waals surface area contributed by atoms with Gasteiger partial charge in [-0.3, -0.25) is 4.79 Å². The highest BCUT2D eigenvalue weighted by atomic mass is 16.7. The van der Waals surface area contributed by atoms with Crippen LogP contribution in [0.5, 0.6) is 11.5 Å². The molecular weight excluding hydrogens is 230 g/mol. The Balaban J connectivity index is 1.64. The van der Waals surface area contributed by atoms with Gasteiger partial charge in [0.25, 0.3) is 0 Å². The first-order valence-corrected chi connectivity index (χ1v) is 6.44. The van der Waals surface area contributed by atoms with Crippen molar-refractivity contribution in [3.8, 4) is 11.5 Å². The molecule has 1 aromatic carbocycles. The average molecular weight is 247 g/mol. The first kappa shape index (κ1) is 11.4. The van der Waals surface area contributed by atoms with Gasteiger partial charge >= 0.3 is 0 Å². The zero-order valence-corrected chi connectivity index (χ0v) is 10.4. The monoisotopic (exact) mass is 247 g/mol. The summed E-state index contributed by atoms with van der Waals surface area (Å²) in [6, 6.07) is 6.03. The molecule has 2 aliphatic rings. The van der Waals surface area contributed by atoms with Gasteiger partial charge < -0.3 is 14.8 Å². The van der Waals surface area contributed by atoms with Gasteiger partial charge in [0.05, 0.1) is 0 Å². The van der Waals surface area contributed by atoms with E-state index < -0.39 is 0 Å². The molecule has 1 N–H and O–H groups in total. The topological polar surface area (TPSA) is 47.6 Å². The normalized spacial score (nSPS) is 23.8. The highest BCUT2D eigenvalue weighted by Gasteiger charge is 2.41. The maximum Gasteiger partial charge on any atom is 0.231 e. The van der Waals surface area contributed by atoms with Gasteiger partial charge in [-0.1, -0.05) is 19.1 Å². The van der Waals surface area contributed by atoms with Gasteiger partial charge in [0.15, 0.2) is 11.5 Å². The van der Waals surface area contributed by atoms with Crippen LogP contribution in [0, 0.1) is 5.92 Å². The zero-order chi connectivity index (χ0) is 12.5. The SMILES string of the molecule is CCC(=O)NC[C@@H]1C[C@H]1c1cccc2c1OCO2. The first-order valence-electron chi connectivity index (χ1n) is 6.44. The van der Waals surface area contributed by atoms with Crippen LogP contribution >= 0.6 is 0 Å². The van der Waals surface area contributed by atoms with Crippen LogP contribution in [0.3, 0.4) is 0 Å². The fourth-order valence-electron chi connectivity index (χ4n) is 2.47. The van der Waals surface area contributed by atoms with Crippen LogP contribution in [0.25, 0.3) is 0 Å². The Hall–Kier alpha value is -1.71. The van der Waals surface area contributed by atoms with Crippen molar-refractivity contribution in [2.24, 2.45) is 5.92 Å². The fraction of sp³-hybridized carbons (Fsp3) is 0.500. The van der Waals surface area contributed by atoms with Crippen molar-refractivity contribution < 1.29 is 14.3 Å². The summed E-state index contributed by atoms with van der Waals surface area (Å²) in [7, 11) is 0.